The number of hydrogen-bond acceptors (Lipinski definition) is 3. The van der Waals surface area contributed by atoms with Crippen molar-refractivity contribution in [2.45, 2.75) is 25.7 Å². The number of carbonyl (C=O) groups excluding carboxylic acids is 2. The van der Waals surface area contributed by atoms with Crippen LogP contribution in [-0.4, -0.2) is 24.9 Å². The van der Waals surface area contributed by atoms with E-state index in [1.54, 1.807) is 0 Å². The van der Waals surface area contributed by atoms with Crippen molar-refractivity contribution >= 4 is 28.9 Å². The SMILES string of the molecule is O=C(CCc1ccccc1)Nc1ccc(NCC(=O)N2CCCc3ccccc32)cc1. The number of carbonyl (C=O) groups is 2. The first-order valence-corrected chi connectivity index (χ1v) is 10.7. The Morgan fingerprint density at radius 1 is 0.839 bits per heavy atom. The van der Waals surface area contributed by atoms with Crippen molar-refractivity contribution in [2.75, 3.05) is 28.6 Å². The summed E-state index contributed by atoms with van der Waals surface area (Å²) in [6, 6.07) is 25.5. The second-order valence-electron chi connectivity index (χ2n) is 7.74. The Hall–Kier alpha value is -3.60. The molecule has 3 aromatic rings. The fourth-order valence-electron chi connectivity index (χ4n) is 3.86. The molecule has 5 nitrogen and oxygen atoms in total. The van der Waals surface area contributed by atoms with Gasteiger partial charge in [-0.25, -0.2) is 0 Å². The van der Waals surface area contributed by atoms with Gasteiger partial charge in [0.15, 0.2) is 0 Å². The highest BCUT2D eigenvalue weighted by atomic mass is 16.2. The molecular weight excluding hydrogens is 386 g/mol. The lowest BCUT2D eigenvalue weighted by atomic mass is 10.0. The first-order chi connectivity index (χ1) is 15.2. The van der Waals surface area contributed by atoms with Crippen LogP contribution >= 0.6 is 0 Å². The molecule has 4 rings (SSSR count). The average molecular weight is 414 g/mol. The summed E-state index contributed by atoms with van der Waals surface area (Å²) in [5.74, 6) is 0.0499. The van der Waals surface area contributed by atoms with E-state index in [1.807, 2.05) is 77.7 Å². The van der Waals surface area contributed by atoms with Crippen LogP contribution < -0.4 is 15.5 Å². The molecule has 5 heteroatoms. The Kier molecular flexibility index (Phi) is 6.62. The highest BCUT2D eigenvalue weighted by Gasteiger charge is 2.21. The molecule has 31 heavy (non-hydrogen) atoms. The summed E-state index contributed by atoms with van der Waals surface area (Å²) < 4.78 is 0. The van der Waals surface area contributed by atoms with Crippen LogP contribution in [0, 0.1) is 0 Å². The Balaban J connectivity index is 1.26. The zero-order valence-corrected chi connectivity index (χ0v) is 17.5. The first-order valence-electron chi connectivity index (χ1n) is 10.7. The van der Waals surface area contributed by atoms with E-state index in [0.717, 1.165) is 42.0 Å². The molecule has 0 saturated heterocycles. The van der Waals surface area contributed by atoms with E-state index in [-0.39, 0.29) is 18.4 Å². The monoisotopic (exact) mass is 413 g/mol. The minimum Gasteiger partial charge on any atom is -0.376 e. The van der Waals surface area contributed by atoms with Crippen molar-refractivity contribution in [3.63, 3.8) is 0 Å². The molecule has 0 spiro atoms. The van der Waals surface area contributed by atoms with E-state index in [9.17, 15) is 9.59 Å². The van der Waals surface area contributed by atoms with Crippen LogP contribution in [0.1, 0.15) is 24.0 Å². The lowest BCUT2D eigenvalue weighted by molar-refractivity contribution is -0.117. The van der Waals surface area contributed by atoms with Crippen LogP contribution in [0.2, 0.25) is 0 Å². The van der Waals surface area contributed by atoms with E-state index < -0.39 is 0 Å². The Morgan fingerprint density at radius 2 is 1.55 bits per heavy atom. The van der Waals surface area contributed by atoms with Crippen molar-refractivity contribution in [1.82, 2.24) is 0 Å². The molecule has 2 N–H and O–H groups in total. The van der Waals surface area contributed by atoms with Crippen LogP contribution in [0.3, 0.4) is 0 Å². The van der Waals surface area contributed by atoms with Gasteiger partial charge in [0.25, 0.3) is 0 Å². The minimum atomic E-state index is -0.0106. The molecule has 1 aliphatic rings. The molecule has 0 unspecified atom stereocenters. The molecule has 0 radical (unpaired) electrons. The zero-order chi connectivity index (χ0) is 21.5. The van der Waals surface area contributed by atoms with Gasteiger partial charge in [0.2, 0.25) is 11.8 Å². The molecule has 3 aromatic carbocycles. The Morgan fingerprint density at radius 3 is 2.35 bits per heavy atom. The van der Waals surface area contributed by atoms with Crippen LogP contribution in [0.15, 0.2) is 78.9 Å². The van der Waals surface area contributed by atoms with Crippen molar-refractivity contribution in [3.05, 3.63) is 90.0 Å². The lowest BCUT2D eigenvalue weighted by Gasteiger charge is -2.29. The normalized spacial score (nSPS) is 12.7. The van der Waals surface area contributed by atoms with Crippen LogP contribution in [-0.2, 0) is 22.4 Å². The number of benzene rings is 3. The lowest BCUT2D eigenvalue weighted by Crippen LogP contribution is -2.39. The topological polar surface area (TPSA) is 61.4 Å². The summed E-state index contributed by atoms with van der Waals surface area (Å²) in [6.45, 7) is 0.989. The highest BCUT2D eigenvalue weighted by Crippen LogP contribution is 2.26. The number of fused-ring (bicyclic) bond motifs is 1. The molecule has 1 aliphatic heterocycles. The van der Waals surface area contributed by atoms with Gasteiger partial charge in [-0.2, -0.15) is 0 Å². The van der Waals surface area contributed by atoms with E-state index in [4.69, 9.17) is 0 Å². The molecule has 0 atom stereocenters. The van der Waals surface area contributed by atoms with Gasteiger partial charge in [-0.15, -0.1) is 0 Å². The molecule has 0 fully saturated rings. The number of rotatable bonds is 7. The summed E-state index contributed by atoms with van der Waals surface area (Å²) in [5, 5.41) is 6.12. The number of amides is 2. The van der Waals surface area contributed by atoms with E-state index in [2.05, 4.69) is 16.7 Å². The maximum absolute atomic E-state index is 12.7. The molecule has 2 amide bonds. The van der Waals surface area contributed by atoms with Gasteiger partial charge in [-0.1, -0.05) is 48.5 Å². The van der Waals surface area contributed by atoms with Crippen LogP contribution in [0.4, 0.5) is 17.1 Å². The maximum Gasteiger partial charge on any atom is 0.246 e. The molecule has 0 aromatic heterocycles. The first kappa shape index (κ1) is 20.7. The van der Waals surface area contributed by atoms with Gasteiger partial charge in [0, 0.05) is 30.0 Å². The third-order valence-corrected chi connectivity index (χ3v) is 5.51. The highest BCUT2D eigenvalue weighted by molar-refractivity contribution is 5.97. The van der Waals surface area contributed by atoms with Gasteiger partial charge < -0.3 is 15.5 Å². The van der Waals surface area contributed by atoms with Crippen molar-refractivity contribution in [3.8, 4) is 0 Å². The molecule has 1 heterocycles. The van der Waals surface area contributed by atoms with Crippen molar-refractivity contribution in [1.29, 1.82) is 0 Å². The third kappa shape index (κ3) is 5.51. The van der Waals surface area contributed by atoms with E-state index in [1.165, 1.54) is 5.56 Å². The van der Waals surface area contributed by atoms with Gasteiger partial charge >= 0.3 is 0 Å². The van der Waals surface area contributed by atoms with Crippen molar-refractivity contribution < 1.29 is 9.59 Å². The summed E-state index contributed by atoms with van der Waals surface area (Å²) >= 11 is 0. The zero-order valence-electron chi connectivity index (χ0n) is 17.5. The minimum absolute atomic E-state index is 0.0106. The van der Waals surface area contributed by atoms with E-state index >= 15 is 0 Å². The number of nitrogens with zero attached hydrogens (tertiary/aromatic N) is 1. The predicted octanol–water partition coefficient (Wildman–Crippen LogP) is 4.65. The van der Waals surface area contributed by atoms with Crippen LogP contribution in [0.5, 0.6) is 0 Å². The second kappa shape index (κ2) is 9.94. The van der Waals surface area contributed by atoms with Crippen LogP contribution in [0.25, 0.3) is 0 Å². The summed E-state index contributed by atoms with van der Waals surface area (Å²) in [7, 11) is 0. The largest absolute Gasteiger partial charge is 0.376 e. The number of hydrogen-bond donors (Lipinski definition) is 2. The molecule has 0 aliphatic carbocycles. The molecule has 0 saturated carbocycles. The third-order valence-electron chi connectivity index (χ3n) is 5.51. The van der Waals surface area contributed by atoms with Gasteiger partial charge in [-0.05, 0) is 60.7 Å². The number of para-hydroxylation sites is 1. The smallest absolute Gasteiger partial charge is 0.246 e. The van der Waals surface area contributed by atoms with Gasteiger partial charge in [0.05, 0.1) is 6.54 Å². The fourth-order valence-corrected chi connectivity index (χ4v) is 3.86. The second-order valence-corrected chi connectivity index (χ2v) is 7.74. The van der Waals surface area contributed by atoms with Gasteiger partial charge in [-0.3, -0.25) is 9.59 Å². The van der Waals surface area contributed by atoms with Gasteiger partial charge in [0.1, 0.15) is 0 Å². The van der Waals surface area contributed by atoms with E-state index in [0.29, 0.717) is 12.8 Å². The summed E-state index contributed by atoms with van der Waals surface area (Å²) in [5.41, 5.74) is 5.00. The van der Waals surface area contributed by atoms with Crippen molar-refractivity contribution in [2.24, 2.45) is 0 Å². The average Bonchev–Trinajstić information content (AvgIpc) is 2.82. The Labute approximate surface area is 183 Å². The number of nitrogens with one attached hydrogen (secondary N) is 2. The summed E-state index contributed by atoms with van der Waals surface area (Å²) in [4.78, 5) is 26.8. The molecule has 158 valence electrons. The predicted molar refractivity (Wildman–Crippen MR) is 125 cm³/mol. The fraction of sp³-hybridized carbons (Fsp3) is 0.231. The molecule has 0 bridgehead atoms. The maximum atomic E-state index is 12.7. The number of anilines is 3. The summed E-state index contributed by atoms with van der Waals surface area (Å²) in [6.07, 6.45) is 3.16. The molecular formula is C26H27N3O2. The standard InChI is InChI=1S/C26H27N3O2/c30-25(17-12-20-7-2-1-3-8-20)28-23-15-13-22(14-16-23)27-19-26(31)29-18-6-10-21-9-4-5-11-24(21)29/h1-5,7-9,11,13-16,27H,6,10,12,17-19H2,(H,28,30). The number of aryl methyl sites for hydroxylation is 2. The Bertz CT molecular complexity index is 1030. The quantitative estimate of drug-likeness (QED) is 0.593.